The Kier molecular flexibility index (Phi) is 5.17. The first-order valence-corrected chi connectivity index (χ1v) is 8.34. The molecule has 0 fully saturated rings. The zero-order chi connectivity index (χ0) is 18.5. The molecule has 0 aliphatic carbocycles. The van der Waals surface area contributed by atoms with Gasteiger partial charge in [0.05, 0.1) is 0 Å². The molecule has 0 aliphatic rings. The topological polar surface area (TPSA) is 71.3 Å². The van der Waals surface area contributed by atoms with Crippen LogP contribution in [0.2, 0.25) is 0 Å². The van der Waals surface area contributed by atoms with E-state index >= 15 is 0 Å². The zero-order valence-corrected chi connectivity index (χ0v) is 14.4. The smallest absolute Gasteiger partial charge is 0.326 e. The summed E-state index contributed by atoms with van der Waals surface area (Å²) < 4.78 is 1.96. The summed E-state index contributed by atoms with van der Waals surface area (Å²) in [5.41, 5.74) is 2.80. The van der Waals surface area contributed by atoms with Crippen LogP contribution in [0.1, 0.15) is 11.1 Å². The first-order chi connectivity index (χ1) is 12.5. The van der Waals surface area contributed by atoms with E-state index in [0.29, 0.717) is 0 Å². The largest absolute Gasteiger partial charge is 0.480 e. The van der Waals surface area contributed by atoms with Crippen molar-refractivity contribution in [2.24, 2.45) is 7.05 Å². The Hall–Kier alpha value is -3.34. The molecule has 5 heteroatoms. The van der Waals surface area contributed by atoms with Gasteiger partial charge in [-0.2, -0.15) is 0 Å². The van der Waals surface area contributed by atoms with Crippen LogP contribution >= 0.6 is 0 Å². The average molecular weight is 348 g/mol. The van der Waals surface area contributed by atoms with Crippen molar-refractivity contribution in [3.05, 3.63) is 78.0 Å². The Labute approximate surface area is 151 Å². The number of nitrogens with one attached hydrogen (secondary N) is 1. The van der Waals surface area contributed by atoms with Crippen LogP contribution in [-0.4, -0.2) is 27.6 Å². The van der Waals surface area contributed by atoms with Crippen molar-refractivity contribution in [2.45, 2.75) is 12.5 Å². The lowest BCUT2D eigenvalue weighted by atomic mass is 10.0. The number of nitrogens with zero attached hydrogens (tertiary/aromatic N) is 1. The fourth-order valence-electron chi connectivity index (χ4n) is 2.96. The predicted octanol–water partition coefficient (Wildman–Crippen LogP) is 3.00. The van der Waals surface area contributed by atoms with Crippen LogP contribution < -0.4 is 5.32 Å². The van der Waals surface area contributed by atoms with E-state index in [1.165, 1.54) is 6.08 Å². The number of para-hydroxylation sites is 1. The van der Waals surface area contributed by atoms with Crippen LogP contribution in [0, 0.1) is 0 Å². The van der Waals surface area contributed by atoms with Crippen LogP contribution in [0.3, 0.4) is 0 Å². The standard InChI is InChI=1S/C21H20N2O3/c1-23-14-16(17-9-5-6-10-19(17)23)13-18(21(25)26)22-20(24)12-11-15-7-3-2-4-8-15/h2-12,14,18H,13H2,1H3,(H,22,24)(H,25,26)/t18-/m0/s1. The van der Waals surface area contributed by atoms with Gasteiger partial charge >= 0.3 is 5.97 Å². The molecule has 0 spiro atoms. The van der Waals surface area contributed by atoms with Crippen LogP contribution in [0.5, 0.6) is 0 Å². The fraction of sp³-hybridized carbons (Fsp3) is 0.143. The molecule has 0 bridgehead atoms. The minimum atomic E-state index is -1.06. The van der Waals surface area contributed by atoms with E-state index in [4.69, 9.17) is 0 Å². The summed E-state index contributed by atoms with van der Waals surface area (Å²) in [6.07, 6.45) is 5.15. The van der Waals surface area contributed by atoms with Gasteiger partial charge in [0.25, 0.3) is 0 Å². The number of aryl methyl sites for hydroxylation is 1. The van der Waals surface area contributed by atoms with Gasteiger partial charge < -0.3 is 15.0 Å². The van der Waals surface area contributed by atoms with Crippen molar-refractivity contribution >= 4 is 28.9 Å². The average Bonchev–Trinajstić information content (AvgIpc) is 2.96. The van der Waals surface area contributed by atoms with Crippen molar-refractivity contribution < 1.29 is 14.7 Å². The molecule has 0 aliphatic heterocycles. The van der Waals surface area contributed by atoms with E-state index < -0.39 is 17.9 Å². The highest BCUT2D eigenvalue weighted by molar-refractivity contribution is 5.94. The molecule has 0 saturated heterocycles. The first-order valence-electron chi connectivity index (χ1n) is 8.34. The van der Waals surface area contributed by atoms with Crippen LogP contribution in [0.15, 0.2) is 66.9 Å². The zero-order valence-electron chi connectivity index (χ0n) is 14.4. The molecule has 1 heterocycles. The van der Waals surface area contributed by atoms with E-state index in [-0.39, 0.29) is 6.42 Å². The Morgan fingerprint density at radius 1 is 1.12 bits per heavy atom. The number of carbonyl (C=O) groups is 2. The van der Waals surface area contributed by atoms with E-state index in [2.05, 4.69) is 5.32 Å². The quantitative estimate of drug-likeness (QED) is 0.673. The molecular formula is C21H20N2O3. The first kappa shape index (κ1) is 17.5. The molecule has 0 unspecified atom stereocenters. The summed E-state index contributed by atoms with van der Waals surface area (Å²) in [5, 5.41) is 13.1. The number of carboxylic acids is 1. The fourth-order valence-corrected chi connectivity index (χ4v) is 2.96. The summed E-state index contributed by atoms with van der Waals surface area (Å²) in [7, 11) is 1.92. The third-order valence-electron chi connectivity index (χ3n) is 4.24. The number of fused-ring (bicyclic) bond motifs is 1. The van der Waals surface area contributed by atoms with Gasteiger partial charge in [0.15, 0.2) is 0 Å². The van der Waals surface area contributed by atoms with Gasteiger partial charge in [0, 0.05) is 36.6 Å². The molecular weight excluding hydrogens is 328 g/mol. The maximum absolute atomic E-state index is 12.1. The Morgan fingerprint density at radius 2 is 1.81 bits per heavy atom. The number of amides is 1. The monoisotopic (exact) mass is 348 g/mol. The molecule has 3 aromatic rings. The summed E-state index contributed by atoms with van der Waals surface area (Å²) in [4.78, 5) is 23.7. The normalized spacial score (nSPS) is 12.3. The summed E-state index contributed by atoms with van der Waals surface area (Å²) in [6.45, 7) is 0. The highest BCUT2D eigenvalue weighted by Gasteiger charge is 2.21. The number of carboxylic acid groups (broad SMARTS) is 1. The highest BCUT2D eigenvalue weighted by Crippen LogP contribution is 2.21. The number of hydrogen-bond donors (Lipinski definition) is 2. The molecule has 1 amide bonds. The minimum absolute atomic E-state index is 0.224. The van der Waals surface area contributed by atoms with Crippen molar-refractivity contribution in [1.82, 2.24) is 9.88 Å². The number of aliphatic carboxylic acids is 1. The predicted molar refractivity (Wildman–Crippen MR) is 102 cm³/mol. The summed E-state index contributed by atoms with van der Waals surface area (Å²) in [6, 6.07) is 16.2. The van der Waals surface area contributed by atoms with Crippen molar-refractivity contribution in [3.8, 4) is 0 Å². The molecule has 2 aromatic carbocycles. The Morgan fingerprint density at radius 3 is 2.54 bits per heavy atom. The van der Waals surface area contributed by atoms with Crippen LogP contribution in [-0.2, 0) is 23.1 Å². The minimum Gasteiger partial charge on any atom is -0.480 e. The second-order valence-electron chi connectivity index (χ2n) is 6.13. The van der Waals surface area contributed by atoms with E-state index in [1.807, 2.05) is 72.4 Å². The van der Waals surface area contributed by atoms with Crippen molar-refractivity contribution in [3.63, 3.8) is 0 Å². The third-order valence-corrected chi connectivity index (χ3v) is 4.24. The third kappa shape index (κ3) is 4.00. The number of hydrogen-bond acceptors (Lipinski definition) is 2. The highest BCUT2D eigenvalue weighted by atomic mass is 16.4. The summed E-state index contributed by atoms with van der Waals surface area (Å²) >= 11 is 0. The molecule has 5 nitrogen and oxygen atoms in total. The second kappa shape index (κ2) is 7.70. The summed E-state index contributed by atoms with van der Waals surface area (Å²) in [5.74, 6) is -1.49. The van der Waals surface area contributed by atoms with Gasteiger partial charge in [-0.05, 0) is 23.3 Å². The second-order valence-corrected chi connectivity index (χ2v) is 6.13. The van der Waals surface area contributed by atoms with Gasteiger partial charge in [-0.25, -0.2) is 4.79 Å². The van der Waals surface area contributed by atoms with Crippen molar-refractivity contribution in [1.29, 1.82) is 0 Å². The van der Waals surface area contributed by atoms with Crippen LogP contribution in [0.4, 0.5) is 0 Å². The van der Waals surface area contributed by atoms with Gasteiger partial charge in [-0.3, -0.25) is 4.79 Å². The molecule has 0 saturated carbocycles. The number of rotatable bonds is 6. The maximum atomic E-state index is 12.1. The molecule has 26 heavy (non-hydrogen) atoms. The van der Waals surface area contributed by atoms with Gasteiger partial charge in [-0.1, -0.05) is 48.5 Å². The Balaban J connectivity index is 1.74. The van der Waals surface area contributed by atoms with Gasteiger partial charge in [0.2, 0.25) is 5.91 Å². The maximum Gasteiger partial charge on any atom is 0.326 e. The number of carbonyl (C=O) groups excluding carboxylic acids is 1. The van der Waals surface area contributed by atoms with Gasteiger partial charge in [-0.15, -0.1) is 0 Å². The molecule has 132 valence electrons. The molecule has 3 rings (SSSR count). The molecule has 2 N–H and O–H groups in total. The number of aromatic nitrogens is 1. The molecule has 1 atom stereocenters. The van der Waals surface area contributed by atoms with E-state index in [0.717, 1.165) is 22.0 Å². The number of benzene rings is 2. The lowest BCUT2D eigenvalue weighted by molar-refractivity contribution is -0.141. The van der Waals surface area contributed by atoms with E-state index in [1.54, 1.807) is 6.08 Å². The van der Waals surface area contributed by atoms with Gasteiger partial charge in [0.1, 0.15) is 6.04 Å². The Bertz CT molecular complexity index is 958. The van der Waals surface area contributed by atoms with Crippen LogP contribution in [0.25, 0.3) is 17.0 Å². The van der Waals surface area contributed by atoms with Crippen molar-refractivity contribution in [2.75, 3.05) is 0 Å². The lowest BCUT2D eigenvalue weighted by Gasteiger charge is -2.12. The lowest BCUT2D eigenvalue weighted by Crippen LogP contribution is -2.41. The SMILES string of the molecule is Cn1cc(C[C@H](NC(=O)C=Cc2ccccc2)C(=O)O)c2ccccc21. The molecule has 0 radical (unpaired) electrons. The van der Waals surface area contributed by atoms with E-state index in [9.17, 15) is 14.7 Å². The molecule has 1 aromatic heterocycles.